The number of amides is 2. The second-order valence-corrected chi connectivity index (χ2v) is 10.8. The number of hydrogen-bond donors (Lipinski definition) is 2. The highest BCUT2D eigenvalue weighted by Crippen LogP contribution is 2.40. The van der Waals surface area contributed by atoms with E-state index in [0.717, 1.165) is 22.3 Å². The number of nitrogen functional groups attached to an aromatic ring is 1. The quantitative estimate of drug-likeness (QED) is 0.444. The number of nitrogens with two attached hydrogens (primary N) is 1. The number of nitrogens with one attached hydrogen (secondary N) is 1. The number of anilines is 1. The molecule has 0 saturated carbocycles. The summed E-state index contributed by atoms with van der Waals surface area (Å²) in [6, 6.07) is 15.0. The number of rotatable bonds is 6. The lowest BCUT2D eigenvalue weighted by Gasteiger charge is -2.42. The zero-order chi connectivity index (χ0) is 27.6. The van der Waals surface area contributed by atoms with Gasteiger partial charge in [-0.05, 0) is 66.9 Å². The molecule has 2 aliphatic rings. The number of halogens is 1. The molecule has 1 atom stereocenters. The van der Waals surface area contributed by atoms with Crippen molar-refractivity contribution in [3.8, 4) is 16.9 Å². The molecular formula is C30H31ClN4O4. The molecule has 3 heterocycles. The lowest BCUT2D eigenvalue weighted by molar-refractivity contribution is -0.116. The van der Waals surface area contributed by atoms with Gasteiger partial charge >= 0.3 is 0 Å². The fourth-order valence-corrected chi connectivity index (χ4v) is 5.08. The van der Waals surface area contributed by atoms with Crippen LogP contribution in [-0.2, 0) is 22.5 Å². The monoisotopic (exact) mass is 546 g/mol. The third-order valence-electron chi connectivity index (χ3n) is 6.94. The third kappa shape index (κ3) is 6.08. The fourth-order valence-electron chi connectivity index (χ4n) is 4.80. The molecule has 1 aromatic heterocycles. The normalized spacial score (nSPS) is 18.0. The van der Waals surface area contributed by atoms with Crippen molar-refractivity contribution in [2.75, 3.05) is 25.5 Å². The molecule has 1 unspecified atom stereocenters. The topological polar surface area (TPSA) is 107 Å². The van der Waals surface area contributed by atoms with Crippen LogP contribution in [0.3, 0.4) is 0 Å². The first kappa shape index (κ1) is 26.7. The van der Waals surface area contributed by atoms with Crippen molar-refractivity contribution in [1.82, 2.24) is 15.2 Å². The van der Waals surface area contributed by atoms with Gasteiger partial charge in [0, 0.05) is 42.9 Å². The summed E-state index contributed by atoms with van der Waals surface area (Å²) in [7, 11) is 0. The maximum atomic E-state index is 13.1. The van der Waals surface area contributed by atoms with Crippen molar-refractivity contribution in [3.05, 3.63) is 88.6 Å². The van der Waals surface area contributed by atoms with Crippen LogP contribution in [0.2, 0.25) is 5.02 Å². The Balaban J connectivity index is 1.22. The molecule has 3 aromatic rings. The van der Waals surface area contributed by atoms with E-state index in [2.05, 4.69) is 10.3 Å². The zero-order valence-electron chi connectivity index (χ0n) is 21.9. The number of pyridine rings is 1. The maximum Gasteiger partial charge on any atom is 0.254 e. The van der Waals surface area contributed by atoms with Gasteiger partial charge in [0.25, 0.3) is 5.91 Å². The SMILES string of the molecule is CC1(C)COCCN1C(=O)c1ccc(-c2cc(Cl)c3c(c2)CC(C=CC(=O)NCc2ccc(N)nc2)O3)cc1. The minimum Gasteiger partial charge on any atom is -0.484 e. The summed E-state index contributed by atoms with van der Waals surface area (Å²) in [6.07, 6.45) is 5.14. The first-order valence-corrected chi connectivity index (χ1v) is 13.2. The number of morpholine rings is 1. The molecule has 1 saturated heterocycles. The molecule has 2 aromatic carbocycles. The summed E-state index contributed by atoms with van der Waals surface area (Å²) in [6.45, 7) is 6.03. The molecule has 39 heavy (non-hydrogen) atoms. The molecule has 3 N–H and O–H groups in total. The summed E-state index contributed by atoms with van der Waals surface area (Å²) in [4.78, 5) is 31.3. The molecule has 202 valence electrons. The Kier molecular flexibility index (Phi) is 7.59. The Morgan fingerprint density at radius 3 is 2.69 bits per heavy atom. The van der Waals surface area contributed by atoms with Crippen molar-refractivity contribution < 1.29 is 19.1 Å². The molecule has 9 heteroatoms. The van der Waals surface area contributed by atoms with Crippen LogP contribution in [0.4, 0.5) is 5.82 Å². The summed E-state index contributed by atoms with van der Waals surface area (Å²) in [5, 5.41) is 3.33. The number of ether oxygens (including phenoxy) is 2. The van der Waals surface area contributed by atoms with Gasteiger partial charge in [-0.15, -0.1) is 0 Å². The number of hydrogen-bond acceptors (Lipinski definition) is 6. The molecule has 0 bridgehead atoms. The van der Waals surface area contributed by atoms with E-state index in [-0.39, 0.29) is 23.5 Å². The lowest BCUT2D eigenvalue weighted by Crippen LogP contribution is -2.55. The fraction of sp³-hybridized carbons (Fsp3) is 0.300. The average molecular weight is 547 g/mol. The predicted molar refractivity (Wildman–Crippen MR) is 151 cm³/mol. The second kappa shape index (κ2) is 11.1. The summed E-state index contributed by atoms with van der Waals surface area (Å²) in [5.74, 6) is 0.835. The van der Waals surface area contributed by atoms with Crippen LogP contribution in [0.5, 0.6) is 5.75 Å². The number of benzene rings is 2. The molecule has 5 rings (SSSR count). The molecule has 8 nitrogen and oxygen atoms in total. The van der Waals surface area contributed by atoms with E-state index in [9.17, 15) is 9.59 Å². The van der Waals surface area contributed by atoms with Gasteiger partial charge < -0.3 is 25.4 Å². The van der Waals surface area contributed by atoms with Gasteiger partial charge in [-0.1, -0.05) is 29.8 Å². The van der Waals surface area contributed by atoms with Gasteiger partial charge in [0.1, 0.15) is 17.7 Å². The number of aromatic nitrogens is 1. The van der Waals surface area contributed by atoms with E-state index in [1.165, 1.54) is 6.08 Å². The van der Waals surface area contributed by atoms with Crippen LogP contribution >= 0.6 is 11.6 Å². The first-order chi connectivity index (χ1) is 18.7. The minimum absolute atomic E-state index is 0.000894. The maximum absolute atomic E-state index is 13.1. The molecule has 2 amide bonds. The molecule has 0 spiro atoms. The predicted octanol–water partition coefficient (Wildman–Crippen LogP) is 4.41. The van der Waals surface area contributed by atoms with Gasteiger partial charge in [-0.2, -0.15) is 0 Å². The number of carbonyl (C=O) groups is 2. The first-order valence-electron chi connectivity index (χ1n) is 12.9. The van der Waals surface area contributed by atoms with Crippen molar-refractivity contribution in [3.63, 3.8) is 0 Å². The highest BCUT2D eigenvalue weighted by molar-refractivity contribution is 6.32. The Hall–Kier alpha value is -3.88. The Morgan fingerprint density at radius 1 is 1.18 bits per heavy atom. The Bertz CT molecular complexity index is 1400. The Morgan fingerprint density at radius 2 is 1.97 bits per heavy atom. The highest BCUT2D eigenvalue weighted by Gasteiger charge is 2.34. The number of nitrogens with zero attached hydrogens (tertiary/aromatic N) is 2. The standard InChI is InChI=1S/C30H31ClN4O4/c1-30(2)18-38-12-11-35(30)29(37)21-6-4-20(5-7-21)22-13-23-14-24(39-28(23)25(31)15-22)8-10-27(36)34-17-19-3-9-26(32)33-16-19/h3-10,13,15-16,24H,11-12,14,17-18H2,1-2H3,(H2,32,33)(H,34,36). The van der Waals surface area contributed by atoms with E-state index in [1.807, 2.05) is 61.2 Å². The van der Waals surface area contributed by atoms with Crippen LogP contribution in [0.25, 0.3) is 11.1 Å². The van der Waals surface area contributed by atoms with E-state index in [4.69, 9.17) is 26.8 Å². The molecular weight excluding hydrogens is 516 g/mol. The molecule has 2 aliphatic heterocycles. The third-order valence-corrected chi connectivity index (χ3v) is 7.22. The summed E-state index contributed by atoms with van der Waals surface area (Å²) < 4.78 is 11.6. The van der Waals surface area contributed by atoms with E-state index >= 15 is 0 Å². The average Bonchev–Trinajstić information content (AvgIpc) is 3.35. The van der Waals surface area contributed by atoms with Gasteiger partial charge in [0.05, 0.1) is 23.8 Å². The largest absolute Gasteiger partial charge is 0.484 e. The van der Waals surface area contributed by atoms with Gasteiger partial charge in [-0.3, -0.25) is 9.59 Å². The van der Waals surface area contributed by atoms with Gasteiger partial charge in [0.15, 0.2) is 0 Å². The summed E-state index contributed by atoms with van der Waals surface area (Å²) >= 11 is 6.58. The lowest BCUT2D eigenvalue weighted by atomic mass is 9.98. The molecule has 1 fully saturated rings. The van der Waals surface area contributed by atoms with Crippen molar-refractivity contribution >= 4 is 29.2 Å². The van der Waals surface area contributed by atoms with Crippen LogP contribution < -0.4 is 15.8 Å². The van der Waals surface area contributed by atoms with Crippen LogP contribution in [0.15, 0.2) is 66.9 Å². The van der Waals surface area contributed by atoms with Crippen molar-refractivity contribution in [2.24, 2.45) is 0 Å². The second-order valence-electron chi connectivity index (χ2n) is 10.4. The molecule has 0 aliphatic carbocycles. The number of carbonyl (C=O) groups excluding carboxylic acids is 2. The Labute approximate surface area is 232 Å². The highest BCUT2D eigenvalue weighted by atomic mass is 35.5. The van der Waals surface area contributed by atoms with Crippen LogP contribution in [0, 0.1) is 0 Å². The summed E-state index contributed by atoms with van der Waals surface area (Å²) in [5.41, 5.74) is 9.60. The van der Waals surface area contributed by atoms with E-state index in [0.29, 0.717) is 54.9 Å². The van der Waals surface area contributed by atoms with Crippen molar-refractivity contribution in [1.29, 1.82) is 0 Å². The van der Waals surface area contributed by atoms with Crippen molar-refractivity contribution in [2.45, 2.75) is 38.5 Å². The van der Waals surface area contributed by atoms with Crippen LogP contribution in [-0.4, -0.2) is 53.1 Å². The van der Waals surface area contributed by atoms with E-state index in [1.54, 1.807) is 18.3 Å². The smallest absolute Gasteiger partial charge is 0.254 e. The zero-order valence-corrected chi connectivity index (χ0v) is 22.7. The van der Waals surface area contributed by atoms with E-state index < -0.39 is 0 Å². The minimum atomic E-state index is -0.346. The van der Waals surface area contributed by atoms with Gasteiger partial charge in [-0.25, -0.2) is 4.98 Å². The number of fused-ring (bicyclic) bond motifs is 1. The van der Waals surface area contributed by atoms with Crippen LogP contribution in [0.1, 0.15) is 35.3 Å². The molecule has 0 radical (unpaired) electrons. The van der Waals surface area contributed by atoms with Gasteiger partial charge in [0.2, 0.25) is 5.91 Å².